The molecule has 0 aliphatic heterocycles. The summed E-state index contributed by atoms with van der Waals surface area (Å²) in [4.78, 5) is 4.84. The monoisotopic (exact) mass is 301 g/mol. The van der Waals surface area contributed by atoms with Crippen LogP contribution in [0.1, 0.15) is 38.2 Å². The Balaban J connectivity index is 1.68. The van der Waals surface area contributed by atoms with Crippen LogP contribution in [-0.2, 0) is 5.41 Å². The van der Waals surface area contributed by atoms with Crippen LogP contribution in [0.3, 0.4) is 0 Å². The molecule has 4 nitrogen and oxygen atoms in total. The van der Waals surface area contributed by atoms with Crippen molar-refractivity contribution in [3.8, 4) is 5.75 Å². The molecule has 0 spiro atoms. The second kappa shape index (κ2) is 6.59. The zero-order chi connectivity index (χ0) is 15.4. The van der Waals surface area contributed by atoms with E-state index in [-0.39, 0.29) is 5.41 Å². The van der Waals surface area contributed by atoms with Crippen molar-refractivity contribution in [2.45, 2.75) is 38.0 Å². The van der Waals surface area contributed by atoms with Gasteiger partial charge in [-0.2, -0.15) is 0 Å². The zero-order valence-electron chi connectivity index (χ0n) is 13.7. The van der Waals surface area contributed by atoms with Gasteiger partial charge in [0, 0.05) is 24.1 Å². The van der Waals surface area contributed by atoms with E-state index in [2.05, 4.69) is 35.8 Å². The third kappa shape index (κ3) is 3.54. The van der Waals surface area contributed by atoms with Crippen LogP contribution in [0.15, 0.2) is 29.3 Å². The van der Waals surface area contributed by atoms with Gasteiger partial charge in [0.1, 0.15) is 5.75 Å². The number of hydrogen-bond donors (Lipinski definition) is 2. The van der Waals surface area contributed by atoms with Crippen LogP contribution >= 0.6 is 0 Å². The van der Waals surface area contributed by atoms with Crippen LogP contribution in [0.5, 0.6) is 5.75 Å². The van der Waals surface area contributed by atoms with E-state index in [0.717, 1.165) is 37.3 Å². The van der Waals surface area contributed by atoms with E-state index in [4.69, 9.17) is 9.73 Å². The molecule has 0 saturated heterocycles. The molecule has 0 heterocycles. The van der Waals surface area contributed by atoms with Crippen LogP contribution < -0.4 is 15.4 Å². The summed E-state index contributed by atoms with van der Waals surface area (Å²) in [7, 11) is 1.75. The van der Waals surface area contributed by atoms with Crippen molar-refractivity contribution in [2.75, 3.05) is 26.7 Å². The molecule has 0 bridgehead atoms. The number of aliphatic imine (C=N–C) groups is 1. The minimum atomic E-state index is 0.175. The summed E-state index contributed by atoms with van der Waals surface area (Å²) in [6.45, 7) is 4.89. The van der Waals surface area contributed by atoms with Crippen molar-refractivity contribution >= 4 is 5.96 Å². The number of methoxy groups -OCH3 is 1. The molecule has 2 N–H and O–H groups in total. The summed E-state index contributed by atoms with van der Waals surface area (Å²) in [5.41, 5.74) is 1.48. The first kappa shape index (κ1) is 15.2. The lowest BCUT2D eigenvalue weighted by Crippen LogP contribution is -2.39. The van der Waals surface area contributed by atoms with Crippen LogP contribution in [-0.4, -0.2) is 32.7 Å². The number of hydrogen-bond acceptors (Lipinski definition) is 2. The fraction of sp³-hybridized carbons (Fsp3) is 0.611. The molecule has 0 unspecified atom stereocenters. The van der Waals surface area contributed by atoms with Crippen molar-refractivity contribution in [3.05, 3.63) is 29.8 Å². The predicted molar refractivity (Wildman–Crippen MR) is 90.6 cm³/mol. The normalized spacial score (nSPS) is 19.6. The molecular formula is C18H27N3O. The lowest BCUT2D eigenvalue weighted by atomic mass is 9.95. The molecule has 2 fully saturated rings. The third-order valence-electron chi connectivity index (χ3n) is 4.67. The number of ether oxygens (including phenoxy) is 1. The average molecular weight is 301 g/mol. The second-order valence-corrected chi connectivity index (χ2v) is 6.50. The fourth-order valence-corrected chi connectivity index (χ4v) is 2.88. The quantitative estimate of drug-likeness (QED) is 0.601. The SMILES string of the molecule is CCNC(=NCC1(c2ccccc2OC)CC1)NCC1CC1. The predicted octanol–water partition coefficient (Wildman–Crippen LogP) is 2.69. The van der Waals surface area contributed by atoms with Gasteiger partial charge in [-0.15, -0.1) is 0 Å². The molecule has 2 saturated carbocycles. The smallest absolute Gasteiger partial charge is 0.191 e. The number of nitrogens with one attached hydrogen (secondary N) is 2. The Hall–Kier alpha value is -1.71. The molecule has 1 aromatic carbocycles. The van der Waals surface area contributed by atoms with E-state index >= 15 is 0 Å². The highest BCUT2D eigenvalue weighted by Crippen LogP contribution is 2.51. The van der Waals surface area contributed by atoms with Crippen LogP contribution in [0.2, 0.25) is 0 Å². The van der Waals surface area contributed by atoms with E-state index in [0.29, 0.717) is 0 Å². The van der Waals surface area contributed by atoms with Crippen molar-refractivity contribution in [3.63, 3.8) is 0 Å². The summed E-state index contributed by atoms with van der Waals surface area (Å²) in [5, 5.41) is 6.82. The molecule has 120 valence electrons. The van der Waals surface area contributed by atoms with Gasteiger partial charge in [0.05, 0.1) is 13.7 Å². The molecule has 4 heteroatoms. The molecule has 1 aromatic rings. The molecule has 3 rings (SSSR count). The first-order valence-electron chi connectivity index (χ1n) is 8.43. The van der Waals surface area contributed by atoms with Gasteiger partial charge < -0.3 is 15.4 Å². The summed E-state index contributed by atoms with van der Waals surface area (Å²) >= 11 is 0. The van der Waals surface area contributed by atoms with Crippen LogP contribution in [0.4, 0.5) is 0 Å². The van der Waals surface area contributed by atoms with Gasteiger partial charge in [-0.3, -0.25) is 4.99 Å². The van der Waals surface area contributed by atoms with Crippen molar-refractivity contribution in [1.82, 2.24) is 10.6 Å². The molecule has 2 aliphatic carbocycles. The van der Waals surface area contributed by atoms with E-state index in [1.165, 1.54) is 31.2 Å². The largest absolute Gasteiger partial charge is 0.496 e. The van der Waals surface area contributed by atoms with Gasteiger partial charge in [0.25, 0.3) is 0 Å². The van der Waals surface area contributed by atoms with Crippen LogP contribution in [0, 0.1) is 5.92 Å². The van der Waals surface area contributed by atoms with Crippen molar-refractivity contribution in [1.29, 1.82) is 0 Å². The van der Waals surface area contributed by atoms with E-state index in [1.54, 1.807) is 7.11 Å². The molecule has 0 radical (unpaired) electrons. The number of benzene rings is 1. The van der Waals surface area contributed by atoms with Gasteiger partial charge in [0.15, 0.2) is 5.96 Å². The standard InChI is InChI=1S/C18H27N3O/c1-3-19-17(20-12-14-8-9-14)21-13-18(10-11-18)15-6-4-5-7-16(15)22-2/h4-7,14H,3,8-13H2,1-2H3,(H2,19,20,21). The Bertz CT molecular complexity index is 533. The van der Waals surface area contributed by atoms with E-state index in [9.17, 15) is 0 Å². The van der Waals surface area contributed by atoms with E-state index < -0.39 is 0 Å². The second-order valence-electron chi connectivity index (χ2n) is 6.50. The number of nitrogens with zero attached hydrogens (tertiary/aromatic N) is 1. The van der Waals surface area contributed by atoms with Gasteiger partial charge in [-0.1, -0.05) is 18.2 Å². The lowest BCUT2D eigenvalue weighted by Gasteiger charge is -2.18. The number of para-hydroxylation sites is 1. The molecular weight excluding hydrogens is 274 g/mol. The summed E-state index contributed by atoms with van der Waals surface area (Å²) in [6, 6.07) is 8.36. The van der Waals surface area contributed by atoms with Gasteiger partial charge in [0.2, 0.25) is 0 Å². The Morgan fingerprint density at radius 1 is 1.27 bits per heavy atom. The van der Waals surface area contributed by atoms with E-state index in [1.807, 2.05) is 6.07 Å². The van der Waals surface area contributed by atoms with Gasteiger partial charge in [-0.25, -0.2) is 0 Å². The zero-order valence-corrected chi connectivity index (χ0v) is 13.7. The average Bonchev–Trinajstić information content (AvgIpc) is 3.45. The summed E-state index contributed by atoms with van der Waals surface area (Å²) in [5.74, 6) is 2.80. The Labute approximate surface area is 133 Å². The highest BCUT2D eigenvalue weighted by atomic mass is 16.5. The molecule has 0 atom stereocenters. The highest BCUT2D eigenvalue weighted by Gasteiger charge is 2.46. The van der Waals surface area contributed by atoms with Gasteiger partial charge >= 0.3 is 0 Å². The topological polar surface area (TPSA) is 45.7 Å². The minimum absolute atomic E-state index is 0.175. The van der Waals surface area contributed by atoms with Gasteiger partial charge in [-0.05, 0) is 44.6 Å². The molecule has 22 heavy (non-hydrogen) atoms. The minimum Gasteiger partial charge on any atom is -0.496 e. The third-order valence-corrected chi connectivity index (χ3v) is 4.67. The fourth-order valence-electron chi connectivity index (χ4n) is 2.88. The van der Waals surface area contributed by atoms with Crippen molar-refractivity contribution < 1.29 is 4.74 Å². The van der Waals surface area contributed by atoms with Crippen molar-refractivity contribution in [2.24, 2.45) is 10.9 Å². The highest BCUT2D eigenvalue weighted by molar-refractivity contribution is 5.79. The summed E-state index contributed by atoms with van der Waals surface area (Å²) < 4.78 is 5.53. The molecule has 0 aromatic heterocycles. The first-order valence-corrected chi connectivity index (χ1v) is 8.43. The Kier molecular flexibility index (Phi) is 4.55. The number of rotatable bonds is 7. The number of guanidine groups is 1. The lowest BCUT2D eigenvalue weighted by molar-refractivity contribution is 0.404. The Morgan fingerprint density at radius 2 is 2.05 bits per heavy atom. The summed E-state index contributed by atoms with van der Waals surface area (Å²) in [6.07, 6.45) is 5.10. The molecule has 0 amide bonds. The maximum absolute atomic E-state index is 5.53. The molecule has 2 aliphatic rings. The Morgan fingerprint density at radius 3 is 2.68 bits per heavy atom. The van der Waals surface area contributed by atoms with Crippen LogP contribution in [0.25, 0.3) is 0 Å². The maximum Gasteiger partial charge on any atom is 0.191 e. The maximum atomic E-state index is 5.53. The first-order chi connectivity index (χ1) is 10.8.